The summed E-state index contributed by atoms with van der Waals surface area (Å²) in [7, 11) is 0. The summed E-state index contributed by atoms with van der Waals surface area (Å²) in [6.45, 7) is 5.12. The van der Waals surface area contributed by atoms with E-state index in [1.807, 2.05) is 0 Å². The zero-order valence-electron chi connectivity index (χ0n) is 11.6. The molecule has 1 aliphatic rings. The molecule has 1 aromatic carbocycles. The number of fused-ring (bicyclic) bond motifs is 1. The normalized spacial score (nSPS) is 14.5. The van der Waals surface area contributed by atoms with Gasteiger partial charge in [-0.1, -0.05) is 24.3 Å². The maximum absolute atomic E-state index is 12.0. The monoisotopic (exact) mass is 253 g/mol. The molecule has 0 unspecified atom stereocenters. The molecule has 0 N–H and O–H groups in total. The Morgan fingerprint density at radius 1 is 1.16 bits per heavy atom. The van der Waals surface area contributed by atoms with E-state index in [2.05, 4.69) is 48.7 Å². The van der Waals surface area contributed by atoms with E-state index in [0.717, 1.165) is 24.9 Å². The van der Waals surface area contributed by atoms with Crippen LogP contribution in [-0.2, 0) is 13.0 Å². The lowest BCUT2D eigenvalue weighted by atomic mass is 9.96. The van der Waals surface area contributed by atoms with Crippen LogP contribution in [0.3, 0.4) is 0 Å². The number of benzene rings is 1. The van der Waals surface area contributed by atoms with E-state index in [1.54, 1.807) is 0 Å². The Morgan fingerprint density at radius 2 is 1.95 bits per heavy atom. The Morgan fingerprint density at radius 3 is 2.74 bits per heavy atom. The summed E-state index contributed by atoms with van der Waals surface area (Å²) in [4.78, 5) is 12.0. The number of hydrogen-bond acceptors (Lipinski definition) is 1. The number of nitrogens with zero attached hydrogens (tertiary/aromatic N) is 1. The molecule has 0 atom stereocenters. The Balaban J connectivity index is 2.02. The second kappa shape index (κ2) is 4.69. The summed E-state index contributed by atoms with van der Waals surface area (Å²) in [5.41, 5.74) is 6.03. The van der Waals surface area contributed by atoms with Crippen molar-refractivity contribution in [2.75, 3.05) is 0 Å². The van der Waals surface area contributed by atoms with Gasteiger partial charge in [-0.05, 0) is 43.9 Å². The molecule has 3 rings (SSSR count). The van der Waals surface area contributed by atoms with Crippen molar-refractivity contribution >= 4 is 5.78 Å². The van der Waals surface area contributed by atoms with Crippen LogP contribution in [-0.4, -0.2) is 10.4 Å². The second-order valence-electron chi connectivity index (χ2n) is 5.44. The van der Waals surface area contributed by atoms with Gasteiger partial charge in [0.15, 0.2) is 5.78 Å². The Labute approximate surface area is 114 Å². The van der Waals surface area contributed by atoms with Gasteiger partial charge in [-0.2, -0.15) is 0 Å². The molecular formula is C17H19NO. The first-order valence-electron chi connectivity index (χ1n) is 6.93. The molecule has 0 saturated heterocycles. The number of ketones is 1. The first-order chi connectivity index (χ1) is 9.16. The van der Waals surface area contributed by atoms with Gasteiger partial charge in [0, 0.05) is 29.9 Å². The van der Waals surface area contributed by atoms with Crippen molar-refractivity contribution in [3.05, 3.63) is 58.4 Å². The predicted octanol–water partition coefficient (Wildman–Crippen LogP) is 3.67. The molecule has 0 aliphatic heterocycles. The van der Waals surface area contributed by atoms with Crippen molar-refractivity contribution < 1.29 is 4.79 Å². The van der Waals surface area contributed by atoms with Crippen LogP contribution in [0.1, 0.15) is 45.7 Å². The predicted molar refractivity (Wildman–Crippen MR) is 76.7 cm³/mol. The lowest BCUT2D eigenvalue weighted by Crippen LogP contribution is -2.14. The summed E-state index contributed by atoms with van der Waals surface area (Å²) in [6.07, 6.45) is 2.73. The Bertz CT molecular complexity index is 637. The third-order valence-electron chi connectivity index (χ3n) is 4.12. The average molecular weight is 253 g/mol. The maximum atomic E-state index is 12.0. The molecular weight excluding hydrogens is 234 g/mol. The fraction of sp³-hybridized carbons (Fsp3) is 0.353. The number of carbonyl (C=O) groups excluding carboxylic acids is 1. The molecule has 19 heavy (non-hydrogen) atoms. The Hall–Kier alpha value is -1.83. The van der Waals surface area contributed by atoms with E-state index in [0.29, 0.717) is 12.2 Å². The molecule has 2 heteroatoms. The van der Waals surface area contributed by atoms with Crippen molar-refractivity contribution in [2.45, 2.75) is 39.7 Å². The molecule has 0 radical (unpaired) electrons. The van der Waals surface area contributed by atoms with E-state index >= 15 is 0 Å². The molecule has 0 spiro atoms. The average Bonchev–Trinajstić information content (AvgIpc) is 2.71. The van der Waals surface area contributed by atoms with Crippen LogP contribution in [0.25, 0.3) is 0 Å². The second-order valence-corrected chi connectivity index (χ2v) is 5.44. The first kappa shape index (κ1) is 12.2. The van der Waals surface area contributed by atoms with Gasteiger partial charge < -0.3 is 4.57 Å². The third-order valence-corrected chi connectivity index (χ3v) is 4.12. The molecule has 1 aliphatic carbocycles. The van der Waals surface area contributed by atoms with Crippen molar-refractivity contribution in [3.8, 4) is 0 Å². The smallest absolute Gasteiger partial charge is 0.164 e. The standard InChI is InChI=1S/C17H19NO/c1-12-6-3-4-7-14(12)11-18-13(2)10-15-16(18)8-5-9-17(15)19/h3-4,6-7,10H,5,8-9,11H2,1-2H3. The van der Waals surface area contributed by atoms with Gasteiger partial charge in [0.25, 0.3) is 0 Å². The molecule has 0 bridgehead atoms. The SMILES string of the molecule is Cc1ccccc1Cn1c(C)cc2c1CCCC2=O. The fourth-order valence-electron chi connectivity index (χ4n) is 2.97. The molecule has 0 saturated carbocycles. The zero-order chi connectivity index (χ0) is 13.4. The highest BCUT2D eigenvalue weighted by molar-refractivity contribution is 5.98. The summed E-state index contributed by atoms with van der Waals surface area (Å²) in [5, 5.41) is 0. The van der Waals surface area contributed by atoms with Gasteiger partial charge in [-0.3, -0.25) is 4.79 Å². The minimum Gasteiger partial charge on any atom is -0.344 e. The van der Waals surface area contributed by atoms with E-state index in [4.69, 9.17) is 0 Å². The lowest BCUT2D eigenvalue weighted by Gasteiger charge is -2.17. The summed E-state index contributed by atoms with van der Waals surface area (Å²) >= 11 is 0. The van der Waals surface area contributed by atoms with Crippen molar-refractivity contribution in [1.82, 2.24) is 4.57 Å². The molecule has 1 aromatic heterocycles. The minimum atomic E-state index is 0.313. The zero-order valence-corrected chi connectivity index (χ0v) is 11.6. The van der Waals surface area contributed by atoms with Gasteiger partial charge in [-0.25, -0.2) is 0 Å². The number of aromatic nitrogens is 1. The lowest BCUT2D eigenvalue weighted by molar-refractivity contribution is 0.0972. The van der Waals surface area contributed by atoms with Crippen molar-refractivity contribution in [2.24, 2.45) is 0 Å². The summed E-state index contributed by atoms with van der Waals surface area (Å²) < 4.78 is 2.31. The molecule has 98 valence electrons. The highest BCUT2D eigenvalue weighted by Gasteiger charge is 2.22. The van der Waals surface area contributed by atoms with Crippen LogP contribution in [0, 0.1) is 13.8 Å². The van der Waals surface area contributed by atoms with E-state index in [-0.39, 0.29) is 0 Å². The summed E-state index contributed by atoms with van der Waals surface area (Å²) in [6, 6.07) is 10.5. The van der Waals surface area contributed by atoms with Gasteiger partial charge >= 0.3 is 0 Å². The van der Waals surface area contributed by atoms with Crippen LogP contribution in [0.5, 0.6) is 0 Å². The highest BCUT2D eigenvalue weighted by Crippen LogP contribution is 2.26. The molecule has 0 fully saturated rings. The summed E-state index contributed by atoms with van der Waals surface area (Å²) in [5.74, 6) is 0.313. The highest BCUT2D eigenvalue weighted by atomic mass is 16.1. The van der Waals surface area contributed by atoms with Gasteiger partial charge in [0.1, 0.15) is 0 Å². The first-order valence-corrected chi connectivity index (χ1v) is 6.93. The molecule has 2 aromatic rings. The van der Waals surface area contributed by atoms with Gasteiger partial charge in [-0.15, -0.1) is 0 Å². The molecule has 0 amide bonds. The minimum absolute atomic E-state index is 0.313. The van der Waals surface area contributed by atoms with Crippen LogP contribution >= 0.6 is 0 Å². The van der Waals surface area contributed by atoms with E-state index < -0.39 is 0 Å². The Kier molecular flexibility index (Phi) is 3.02. The van der Waals surface area contributed by atoms with Crippen LogP contribution in [0.4, 0.5) is 0 Å². The van der Waals surface area contributed by atoms with Gasteiger partial charge in [0.2, 0.25) is 0 Å². The number of aryl methyl sites for hydroxylation is 2. The molecule has 2 nitrogen and oxygen atoms in total. The molecule has 1 heterocycles. The van der Waals surface area contributed by atoms with E-state index in [1.165, 1.54) is 22.5 Å². The number of rotatable bonds is 2. The number of Topliss-reactive ketones (excluding diaryl/α,β-unsaturated/α-hetero) is 1. The van der Waals surface area contributed by atoms with E-state index in [9.17, 15) is 4.79 Å². The number of hydrogen-bond donors (Lipinski definition) is 0. The topological polar surface area (TPSA) is 22.0 Å². The maximum Gasteiger partial charge on any atom is 0.164 e. The van der Waals surface area contributed by atoms with Gasteiger partial charge in [0.05, 0.1) is 0 Å². The fourth-order valence-corrected chi connectivity index (χ4v) is 2.97. The van der Waals surface area contributed by atoms with Crippen molar-refractivity contribution in [3.63, 3.8) is 0 Å². The van der Waals surface area contributed by atoms with Crippen LogP contribution in [0.2, 0.25) is 0 Å². The van der Waals surface area contributed by atoms with Crippen molar-refractivity contribution in [1.29, 1.82) is 0 Å². The third kappa shape index (κ3) is 2.12. The van der Waals surface area contributed by atoms with Crippen LogP contribution in [0.15, 0.2) is 30.3 Å². The quantitative estimate of drug-likeness (QED) is 0.800. The van der Waals surface area contributed by atoms with Crippen LogP contribution < -0.4 is 0 Å². The largest absolute Gasteiger partial charge is 0.344 e. The number of carbonyl (C=O) groups is 1.